The van der Waals surface area contributed by atoms with E-state index in [1.54, 1.807) is 0 Å². The Labute approximate surface area is 186 Å². The highest BCUT2D eigenvalue weighted by atomic mass is 35.5. The number of nitrogens with zero attached hydrogens (tertiary/aromatic N) is 2. The van der Waals surface area contributed by atoms with Crippen LogP contribution >= 0.6 is 0 Å². The monoisotopic (exact) mass is 427 g/mol. The van der Waals surface area contributed by atoms with Crippen molar-refractivity contribution in [1.29, 1.82) is 0 Å². The van der Waals surface area contributed by atoms with E-state index in [4.69, 9.17) is 10.7 Å². The van der Waals surface area contributed by atoms with Gasteiger partial charge in [0.05, 0.1) is 19.7 Å². The molecule has 0 saturated heterocycles. The molecule has 0 saturated carbocycles. The Morgan fingerprint density at radius 2 is 1.59 bits per heavy atom. The molecule has 1 aliphatic rings. The fourth-order valence-corrected chi connectivity index (χ4v) is 4.09. The topological polar surface area (TPSA) is 58.6 Å². The zero-order chi connectivity index (χ0) is 20.3. The van der Waals surface area contributed by atoms with Crippen LogP contribution in [0.2, 0.25) is 0 Å². The van der Waals surface area contributed by atoms with Crippen molar-refractivity contribution in [3.63, 3.8) is 0 Å². The molecule has 3 N–H and O–H groups in total. The first kappa shape index (κ1) is 28.3. The number of hydrogen-bond donors (Lipinski definition) is 2. The summed E-state index contributed by atoms with van der Waals surface area (Å²) in [4.78, 5) is 4.73. The number of halogens is 1. The maximum Gasteiger partial charge on any atom is 0.198 e. The summed E-state index contributed by atoms with van der Waals surface area (Å²) in [7, 11) is 0. The Bertz CT molecular complexity index is 457. The van der Waals surface area contributed by atoms with Gasteiger partial charge in [0, 0.05) is 13.0 Å². The second-order valence-electron chi connectivity index (χ2n) is 8.11. The van der Waals surface area contributed by atoms with E-state index in [0.29, 0.717) is 6.54 Å². The molecule has 170 valence electrons. The van der Waals surface area contributed by atoms with E-state index >= 15 is 0 Å². The Morgan fingerprint density at radius 3 is 2.24 bits per heavy atom. The number of rotatable bonds is 18. The molecular formula is C24H46ClN3O. The average molecular weight is 428 g/mol. The predicted octanol–water partition coefficient (Wildman–Crippen LogP) is 1.98. The molecule has 4 nitrogen and oxygen atoms in total. The van der Waals surface area contributed by atoms with E-state index in [1.165, 1.54) is 63.6 Å². The summed E-state index contributed by atoms with van der Waals surface area (Å²) in [5.74, 6) is 1.26. The third-order valence-electron chi connectivity index (χ3n) is 5.81. The van der Waals surface area contributed by atoms with Gasteiger partial charge in [-0.25, -0.2) is 4.99 Å². The number of nitrogens with two attached hydrogens (primary N) is 1. The summed E-state index contributed by atoms with van der Waals surface area (Å²) < 4.78 is 0.826. The number of aliphatic hydroxyl groups is 1. The second kappa shape index (κ2) is 19.3. The van der Waals surface area contributed by atoms with Crippen LogP contribution in [0, 0.1) is 0 Å². The predicted molar refractivity (Wildman–Crippen MR) is 123 cm³/mol. The highest BCUT2D eigenvalue weighted by Crippen LogP contribution is 2.19. The number of unbranched alkanes of at least 4 members (excludes halogenated alkanes) is 8. The summed E-state index contributed by atoms with van der Waals surface area (Å²) in [6, 6.07) is 0. The van der Waals surface area contributed by atoms with Gasteiger partial charge >= 0.3 is 0 Å². The molecule has 0 amide bonds. The number of quaternary nitrogens is 1. The first-order chi connectivity index (χ1) is 13.8. The molecule has 0 fully saturated rings. The van der Waals surface area contributed by atoms with Crippen LogP contribution in [0.4, 0.5) is 0 Å². The third-order valence-corrected chi connectivity index (χ3v) is 5.81. The molecule has 1 atom stereocenters. The van der Waals surface area contributed by atoms with Crippen molar-refractivity contribution in [2.45, 2.75) is 84.0 Å². The summed E-state index contributed by atoms with van der Waals surface area (Å²) in [6.07, 6.45) is 24.4. The van der Waals surface area contributed by atoms with Gasteiger partial charge < -0.3 is 23.2 Å². The number of allylic oxidation sites excluding steroid dienone is 4. The van der Waals surface area contributed by atoms with E-state index in [9.17, 15) is 5.11 Å². The lowest BCUT2D eigenvalue weighted by atomic mass is 10.1. The molecule has 1 aliphatic heterocycles. The maximum atomic E-state index is 9.41. The Kier molecular flexibility index (Phi) is 18.8. The van der Waals surface area contributed by atoms with Gasteiger partial charge in [-0.05, 0) is 38.5 Å². The zero-order valence-electron chi connectivity index (χ0n) is 18.8. The minimum absolute atomic E-state index is 0. The molecule has 0 bridgehead atoms. The molecule has 1 unspecified atom stereocenters. The van der Waals surface area contributed by atoms with E-state index in [2.05, 4.69) is 31.2 Å². The van der Waals surface area contributed by atoms with E-state index in [0.717, 1.165) is 49.9 Å². The second-order valence-corrected chi connectivity index (χ2v) is 8.11. The van der Waals surface area contributed by atoms with Crippen LogP contribution in [-0.2, 0) is 0 Å². The molecule has 1 heterocycles. The van der Waals surface area contributed by atoms with Crippen molar-refractivity contribution < 1.29 is 22.0 Å². The minimum atomic E-state index is 0. The molecule has 0 aliphatic carbocycles. The van der Waals surface area contributed by atoms with Crippen molar-refractivity contribution >= 4 is 5.84 Å². The van der Waals surface area contributed by atoms with Gasteiger partial charge in [0.15, 0.2) is 5.84 Å². The molecule has 5 heteroatoms. The smallest absolute Gasteiger partial charge is 0.198 e. The van der Waals surface area contributed by atoms with Crippen molar-refractivity contribution in [3.05, 3.63) is 24.3 Å². The third kappa shape index (κ3) is 12.6. The van der Waals surface area contributed by atoms with Gasteiger partial charge in [0.2, 0.25) is 0 Å². The average Bonchev–Trinajstić information content (AvgIpc) is 3.07. The van der Waals surface area contributed by atoms with Crippen molar-refractivity contribution in [1.82, 2.24) is 0 Å². The van der Waals surface area contributed by atoms with Gasteiger partial charge in [-0.1, -0.05) is 63.3 Å². The Hall–Kier alpha value is -0.680. The van der Waals surface area contributed by atoms with Crippen LogP contribution in [-0.4, -0.2) is 54.8 Å². The zero-order valence-corrected chi connectivity index (χ0v) is 19.6. The number of amidine groups is 1. The molecular weight excluding hydrogens is 382 g/mol. The van der Waals surface area contributed by atoms with Crippen LogP contribution in [0.1, 0.15) is 84.0 Å². The number of aliphatic imine (C=N–C) groups is 1. The van der Waals surface area contributed by atoms with E-state index < -0.39 is 0 Å². The molecule has 29 heavy (non-hydrogen) atoms. The van der Waals surface area contributed by atoms with Crippen LogP contribution < -0.4 is 18.1 Å². The van der Waals surface area contributed by atoms with Crippen LogP contribution in [0.3, 0.4) is 0 Å². The fourth-order valence-electron chi connectivity index (χ4n) is 4.09. The van der Waals surface area contributed by atoms with Gasteiger partial charge in [-0.15, -0.1) is 0 Å². The SMILES string of the molecule is CCCCCCCC/C=C/C/C=C/CCCCC1=NCC[N+]1(CCN)CCO.[Cl-]. The molecule has 0 spiro atoms. The van der Waals surface area contributed by atoms with Gasteiger partial charge in [-0.3, -0.25) is 4.48 Å². The van der Waals surface area contributed by atoms with Crippen LogP contribution in [0.5, 0.6) is 0 Å². The largest absolute Gasteiger partial charge is 1.00 e. The highest BCUT2D eigenvalue weighted by molar-refractivity contribution is 5.76. The van der Waals surface area contributed by atoms with Gasteiger partial charge in [0.1, 0.15) is 13.1 Å². The maximum absolute atomic E-state index is 9.41. The standard InChI is InChI=1S/C24H46N3O.ClH/c1-2-3-4-5-6-7-8-9-10-11-12-13-14-15-16-17-24-26-19-21-27(24,20-18-25)22-23-28;/h9-10,12-13,28H,2-8,11,14-23,25H2,1H3;1H/q+1;/p-1/b10-9+,13-12+;. The van der Waals surface area contributed by atoms with Gasteiger partial charge in [0.25, 0.3) is 0 Å². The molecule has 1 rings (SSSR count). The van der Waals surface area contributed by atoms with Gasteiger partial charge in [-0.2, -0.15) is 0 Å². The van der Waals surface area contributed by atoms with Crippen LogP contribution in [0.25, 0.3) is 0 Å². The van der Waals surface area contributed by atoms with Crippen molar-refractivity contribution in [2.24, 2.45) is 10.7 Å². The number of aliphatic hydroxyl groups excluding tert-OH is 1. The Balaban J connectivity index is 0.00000784. The van der Waals surface area contributed by atoms with E-state index in [-0.39, 0.29) is 19.0 Å². The lowest BCUT2D eigenvalue weighted by molar-refractivity contribution is -0.835. The molecule has 0 aromatic heterocycles. The highest BCUT2D eigenvalue weighted by Gasteiger charge is 2.36. The van der Waals surface area contributed by atoms with Crippen molar-refractivity contribution in [2.75, 3.05) is 39.3 Å². The quantitative estimate of drug-likeness (QED) is 0.199. The molecule has 0 aromatic rings. The first-order valence-electron chi connectivity index (χ1n) is 11.8. The van der Waals surface area contributed by atoms with Crippen LogP contribution in [0.15, 0.2) is 29.3 Å². The summed E-state index contributed by atoms with van der Waals surface area (Å²) in [5.41, 5.74) is 5.80. The van der Waals surface area contributed by atoms with E-state index in [1.807, 2.05) is 0 Å². The summed E-state index contributed by atoms with van der Waals surface area (Å²) >= 11 is 0. The normalized spacial score (nSPS) is 19.2. The van der Waals surface area contributed by atoms with Crippen molar-refractivity contribution in [3.8, 4) is 0 Å². The first-order valence-corrected chi connectivity index (χ1v) is 11.8. The lowest BCUT2D eigenvalue weighted by Gasteiger charge is -2.34. The fraction of sp³-hybridized carbons (Fsp3) is 0.792. The molecule has 0 aromatic carbocycles. The summed E-state index contributed by atoms with van der Waals surface area (Å²) in [6.45, 7) is 6.72. The Morgan fingerprint density at radius 1 is 0.931 bits per heavy atom. The number of hydrogen-bond acceptors (Lipinski definition) is 3. The molecule has 0 radical (unpaired) electrons. The minimum Gasteiger partial charge on any atom is -1.00 e. The lowest BCUT2D eigenvalue weighted by Crippen LogP contribution is -3.00. The summed E-state index contributed by atoms with van der Waals surface area (Å²) in [5, 5.41) is 9.41.